The van der Waals surface area contributed by atoms with Crippen molar-refractivity contribution in [3.05, 3.63) is 82.2 Å². The number of nitrogens with zero attached hydrogens (tertiary/aromatic N) is 3. The van der Waals surface area contributed by atoms with E-state index in [4.69, 9.17) is 0 Å². The normalized spacial score (nSPS) is 18.8. The topological polar surface area (TPSA) is 84.3 Å². The van der Waals surface area contributed by atoms with Crippen LogP contribution in [0.4, 0.5) is 0 Å². The fourth-order valence-electron chi connectivity index (χ4n) is 4.92. The molecule has 2 heterocycles. The fourth-order valence-corrected chi connectivity index (χ4v) is 4.92. The number of nitrogens with one attached hydrogen (secondary N) is 1. The lowest BCUT2D eigenvalue weighted by molar-refractivity contribution is 0.0692. The molecule has 0 fully saturated rings. The maximum absolute atomic E-state index is 13.2. The van der Waals surface area contributed by atoms with Gasteiger partial charge in [0.05, 0.1) is 34.7 Å². The first-order valence-corrected chi connectivity index (χ1v) is 11.1. The summed E-state index contributed by atoms with van der Waals surface area (Å²) >= 11 is 0. The maximum atomic E-state index is 13.2. The summed E-state index contributed by atoms with van der Waals surface area (Å²) in [5, 5.41) is 7.83. The Balaban J connectivity index is 1.47. The van der Waals surface area contributed by atoms with E-state index in [1.54, 1.807) is 12.1 Å². The van der Waals surface area contributed by atoms with E-state index < -0.39 is 0 Å². The van der Waals surface area contributed by atoms with Crippen LogP contribution >= 0.6 is 0 Å². The van der Waals surface area contributed by atoms with E-state index in [1.807, 2.05) is 23.0 Å². The van der Waals surface area contributed by atoms with Crippen LogP contribution in [0.3, 0.4) is 0 Å². The minimum atomic E-state index is -0.384. The van der Waals surface area contributed by atoms with Crippen molar-refractivity contribution >= 4 is 17.7 Å². The van der Waals surface area contributed by atoms with E-state index in [1.165, 1.54) is 13.1 Å². The largest absolute Gasteiger partial charge is 0.345 e. The summed E-state index contributed by atoms with van der Waals surface area (Å²) < 4.78 is 1.99. The molecule has 3 aromatic rings. The molecular formula is C26H26N4O3. The number of hydrogen-bond donors (Lipinski definition) is 1. The van der Waals surface area contributed by atoms with Crippen molar-refractivity contribution in [3.8, 4) is 5.69 Å². The third-order valence-electron chi connectivity index (χ3n) is 6.68. The molecule has 33 heavy (non-hydrogen) atoms. The molecule has 3 amide bonds. The maximum Gasteiger partial charge on any atom is 0.261 e. The summed E-state index contributed by atoms with van der Waals surface area (Å²) in [5.41, 5.74) is 5.21. The quantitative estimate of drug-likeness (QED) is 0.625. The highest BCUT2D eigenvalue weighted by Crippen LogP contribution is 2.41. The molecule has 0 saturated heterocycles. The number of para-hydroxylation sites is 1. The third-order valence-corrected chi connectivity index (χ3v) is 6.68. The average Bonchev–Trinajstić information content (AvgIpc) is 3.28. The van der Waals surface area contributed by atoms with E-state index in [-0.39, 0.29) is 34.7 Å². The Hall–Kier alpha value is -3.74. The van der Waals surface area contributed by atoms with Gasteiger partial charge in [0.25, 0.3) is 17.7 Å². The van der Waals surface area contributed by atoms with Crippen LogP contribution in [0.2, 0.25) is 0 Å². The average molecular weight is 443 g/mol. The first-order valence-electron chi connectivity index (χ1n) is 11.1. The second kappa shape index (κ2) is 7.40. The number of imide groups is 1. The van der Waals surface area contributed by atoms with Gasteiger partial charge in [0, 0.05) is 18.2 Å². The van der Waals surface area contributed by atoms with Crippen LogP contribution in [0, 0.1) is 12.3 Å². The van der Waals surface area contributed by atoms with Gasteiger partial charge >= 0.3 is 0 Å². The number of fused-ring (bicyclic) bond motifs is 2. The first kappa shape index (κ1) is 21.1. The van der Waals surface area contributed by atoms with Crippen LogP contribution in [0.5, 0.6) is 0 Å². The van der Waals surface area contributed by atoms with Crippen LogP contribution in [0.25, 0.3) is 5.69 Å². The molecule has 7 heteroatoms. The summed E-state index contributed by atoms with van der Waals surface area (Å²) in [4.78, 5) is 38.8. The van der Waals surface area contributed by atoms with Gasteiger partial charge in [0.2, 0.25) is 0 Å². The summed E-state index contributed by atoms with van der Waals surface area (Å²) in [6.45, 7) is 6.45. The second-order valence-corrected chi connectivity index (χ2v) is 9.75. The molecule has 1 N–H and O–H groups in total. The van der Waals surface area contributed by atoms with Gasteiger partial charge in [-0.2, -0.15) is 5.10 Å². The number of rotatable bonds is 3. The number of carbonyl (C=O) groups is 3. The zero-order chi connectivity index (χ0) is 23.5. The molecule has 0 saturated carbocycles. The minimum absolute atomic E-state index is 0.0333. The number of aryl methyl sites for hydroxylation is 1. The Morgan fingerprint density at radius 3 is 2.58 bits per heavy atom. The standard InChI is InChI=1S/C26H26N4O3/c1-15-7-5-6-8-21(15)30-22-13-26(2,3)12-20(19(22)14-27-30)28-23(31)16-9-10-17-18(11-16)25(33)29(4)24(17)32/h5-11,14,20H,12-13H2,1-4H3,(H,28,31)/t20-/m1/s1. The van der Waals surface area contributed by atoms with E-state index in [0.717, 1.165) is 40.2 Å². The molecule has 7 nitrogen and oxygen atoms in total. The highest BCUT2D eigenvalue weighted by molar-refractivity contribution is 6.21. The third kappa shape index (κ3) is 3.44. The second-order valence-electron chi connectivity index (χ2n) is 9.75. The van der Waals surface area contributed by atoms with Gasteiger partial charge in [-0.15, -0.1) is 0 Å². The van der Waals surface area contributed by atoms with E-state index in [2.05, 4.69) is 43.3 Å². The van der Waals surface area contributed by atoms with Crippen LogP contribution < -0.4 is 5.32 Å². The molecule has 168 valence electrons. The van der Waals surface area contributed by atoms with Gasteiger partial charge in [0.1, 0.15) is 0 Å². The lowest BCUT2D eigenvalue weighted by Gasteiger charge is -2.36. The van der Waals surface area contributed by atoms with E-state index >= 15 is 0 Å². The Morgan fingerprint density at radius 1 is 1.09 bits per heavy atom. The van der Waals surface area contributed by atoms with Crippen molar-refractivity contribution in [1.82, 2.24) is 20.0 Å². The molecular weight excluding hydrogens is 416 g/mol. The molecule has 0 bridgehead atoms. The SMILES string of the molecule is Cc1ccccc1-n1ncc2c1CC(C)(C)C[C@H]2NC(=O)c1ccc2c(c1)C(=O)N(C)C2=O. The summed E-state index contributed by atoms with van der Waals surface area (Å²) in [6, 6.07) is 12.6. The molecule has 2 aromatic carbocycles. The predicted octanol–water partition coefficient (Wildman–Crippen LogP) is 3.85. The van der Waals surface area contributed by atoms with Crippen molar-refractivity contribution < 1.29 is 14.4 Å². The van der Waals surface area contributed by atoms with Gasteiger partial charge in [-0.25, -0.2) is 4.68 Å². The number of benzene rings is 2. The molecule has 1 aliphatic carbocycles. The summed E-state index contributed by atoms with van der Waals surface area (Å²) in [5.74, 6) is -1.00. The Bertz CT molecular complexity index is 1320. The summed E-state index contributed by atoms with van der Waals surface area (Å²) in [7, 11) is 1.45. The number of carbonyl (C=O) groups excluding carboxylic acids is 3. The smallest absolute Gasteiger partial charge is 0.261 e. The zero-order valence-electron chi connectivity index (χ0n) is 19.2. The molecule has 1 aliphatic heterocycles. The number of hydrogen-bond acceptors (Lipinski definition) is 4. The number of amides is 3. The predicted molar refractivity (Wildman–Crippen MR) is 123 cm³/mol. The number of aromatic nitrogens is 2. The van der Waals surface area contributed by atoms with Gasteiger partial charge in [0.15, 0.2) is 0 Å². The first-order chi connectivity index (χ1) is 15.7. The van der Waals surface area contributed by atoms with Crippen molar-refractivity contribution in [3.63, 3.8) is 0 Å². The van der Waals surface area contributed by atoms with Gasteiger partial charge in [-0.1, -0.05) is 32.0 Å². The molecule has 0 radical (unpaired) electrons. The molecule has 0 spiro atoms. The lowest BCUT2D eigenvalue weighted by atomic mass is 9.74. The monoisotopic (exact) mass is 442 g/mol. The lowest BCUT2D eigenvalue weighted by Crippen LogP contribution is -2.36. The van der Waals surface area contributed by atoms with Crippen molar-refractivity contribution in [2.24, 2.45) is 5.41 Å². The van der Waals surface area contributed by atoms with Crippen molar-refractivity contribution in [1.29, 1.82) is 0 Å². The molecule has 2 aliphatic rings. The van der Waals surface area contributed by atoms with Crippen molar-refractivity contribution in [2.75, 3.05) is 7.05 Å². The van der Waals surface area contributed by atoms with Crippen molar-refractivity contribution in [2.45, 2.75) is 39.7 Å². The van der Waals surface area contributed by atoms with Gasteiger partial charge in [-0.05, 0) is 55.0 Å². The van der Waals surface area contributed by atoms with Gasteiger partial charge < -0.3 is 5.32 Å². The van der Waals surface area contributed by atoms with E-state index in [0.29, 0.717) is 11.1 Å². The van der Waals surface area contributed by atoms with E-state index in [9.17, 15) is 14.4 Å². The Morgan fingerprint density at radius 2 is 1.82 bits per heavy atom. The Kier molecular flexibility index (Phi) is 4.74. The Labute approximate surface area is 192 Å². The molecule has 5 rings (SSSR count). The molecule has 1 atom stereocenters. The molecule has 1 aromatic heterocycles. The highest BCUT2D eigenvalue weighted by Gasteiger charge is 2.37. The fraction of sp³-hybridized carbons (Fsp3) is 0.308. The van der Waals surface area contributed by atoms with Crippen LogP contribution in [-0.4, -0.2) is 39.4 Å². The highest BCUT2D eigenvalue weighted by atomic mass is 16.2. The van der Waals surface area contributed by atoms with Crippen LogP contribution in [0.1, 0.15) is 74.2 Å². The zero-order valence-corrected chi connectivity index (χ0v) is 19.2. The summed E-state index contributed by atoms with van der Waals surface area (Å²) in [6.07, 6.45) is 3.48. The van der Waals surface area contributed by atoms with Crippen LogP contribution in [0.15, 0.2) is 48.7 Å². The minimum Gasteiger partial charge on any atom is -0.345 e. The molecule has 0 unspecified atom stereocenters. The van der Waals surface area contributed by atoms with Gasteiger partial charge in [-0.3, -0.25) is 19.3 Å². The van der Waals surface area contributed by atoms with Crippen LogP contribution in [-0.2, 0) is 6.42 Å².